The molecule has 3 aromatic carbocycles. The number of hydrogen-bond donors (Lipinski definition) is 1. The highest BCUT2D eigenvalue weighted by atomic mass is 19.1. The lowest BCUT2D eigenvalue weighted by Gasteiger charge is -2.34. The lowest BCUT2D eigenvalue weighted by Crippen LogP contribution is -2.51. The van der Waals surface area contributed by atoms with Crippen LogP contribution in [-0.2, 0) is 0 Å². The maximum Gasteiger partial charge on any atom is 0.319 e. The molecular formula is C34H32F2N6O. The van der Waals surface area contributed by atoms with Gasteiger partial charge in [-0.1, -0.05) is 42.3 Å². The van der Waals surface area contributed by atoms with Crippen LogP contribution in [0.25, 0.3) is 32.8 Å². The molecule has 3 atom stereocenters. The van der Waals surface area contributed by atoms with Crippen molar-refractivity contribution in [1.29, 1.82) is 5.26 Å². The minimum Gasteiger partial charge on any atom is -0.461 e. The zero-order valence-electron chi connectivity index (χ0n) is 23.8. The third-order valence-electron chi connectivity index (χ3n) is 9.24. The van der Waals surface area contributed by atoms with E-state index in [9.17, 15) is 9.65 Å². The summed E-state index contributed by atoms with van der Waals surface area (Å²) in [5.41, 5.74) is 1.52. The first-order valence-corrected chi connectivity index (χ1v) is 14.9. The van der Waals surface area contributed by atoms with E-state index in [4.69, 9.17) is 16.1 Å². The fourth-order valence-corrected chi connectivity index (χ4v) is 7.24. The van der Waals surface area contributed by atoms with Gasteiger partial charge in [0.05, 0.1) is 18.0 Å². The van der Waals surface area contributed by atoms with Gasteiger partial charge in [0.2, 0.25) is 0 Å². The van der Waals surface area contributed by atoms with Crippen LogP contribution in [0.1, 0.15) is 31.2 Å². The van der Waals surface area contributed by atoms with Crippen molar-refractivity contribution in [3.8, 4) is 35.6 Å². The number of rotatable bonds is 6. The molecule has 4 heterocycles. The van der Waals surface area contributed by atoms with Gasteiger partial charge < -0.3 is 15.0 Å². The Morgan fingerprint density at radius 3 is 2.79 bits per heavy atom. The van der Waals surface area contributed by atoms with Gasteiger partial charge in [-0.2, -0.15) is 15.2 Å². The number of piperazine rings is 1. The van der Waals surface area contributed by atoms with E-state index in [-0.39, 0.29) is 29.7 Å². The topological polar surface area (TPSA) is 77.3 Å². The second-order valence-corrected chi connectivity index (χ2v) is 11.8. The Bertz CT molecular complexity index is 1790. The Balaban J connectivity index is 1.35. The summed E-state index contributed by atoms with van der Waals surface area (Å²) >= 11 is 0. The maximum atomic E-state index is 16.7. The number of nitrogens with one attached hydrogen (secondary N) is 1. The first-order chi connectivity index (χ1) is 21.0. The standard InChI is InChI=1S/C34H32F2N6O/c1-2-22-6-3-7-23-8-4-9-26(29(22)23)27-10-11-28-31(30(27)36)39-33(40-32(28)41-17-15-38-25(20-41)12-14-37)43-21-34-13-5-16-42(34)19-24(35)18-34/h1,3-4,6-11,24-25,38H,5,12-13,15-21H2/t24?,25-,34-/m0/s1. The summed E-state index contributed by atoms with van der Waals surface area (Å²) in [4.78, 5) is 13.7. The molecule has 3 aliphatic heterocycles. The molecule has 4 aromatic rings. The largest absolute Gasteiger partial charge is 0.461 e. The minimum atomic E-state index is -0.886. The zero-order valence-corrected chi connectivity index (χ0v) is 23.8. The van der Waals surface area contributed by atoms with Gasteiger partial charge in [-0.25, -0.2) is 8.78 Å². The number of aromatic nitrogens is 2. The van der Waals surface area contributed by atoms with Gasteiger partial charge in [-0.3, -0.25) is 4.90 Å². The Morgan fingerprint density at radius 1 is 1.09 bits per heavy atom. The highest BCUT2D eigenvalue weighted by molar-refractivity contribution is 6.03. The van der Waals surface area contributed by atoms with Crippen LogP contribution in [0.5, 0.6) is 6.01 Å². The fraction of sp³-hybridized carbons (Fsp3) is 0.382. The van der Waals surface area contributed by atoms with Crippen LogP contribution >= 0.6 is 0 Å². The molecule has 3 fully saturated rings. The highest BCUT2D eigenvalue weighted by Gasteiger charge is 2.49. The summed E-state index contributed by atoms with van der Waals surface area (Å²) < 4.78 is 37.4. The molecule has 3 saturated heterocycles. The number of terminal acetylenes is 1. The first-order valence-electron chi connectivity index (χ1n) is 14.9. The van der Waals surface area contributed by atoms with E-state index in [1.807, 2.05) is 42.5 Å². The molecule has 7 rings (SSSR count). The van der Waals surface area contributed by atoms with Crippen molar-refractivity contribution >= 4 is 27.5 Å². The summed E-state index contributed by atoms with van der Waals surface area (Å²) in [5.74, 6) is 2.82. The average Bonchev–Trinajstić information content (AvgIpc) is 3.55. The summed E-state index contributed by atoms with van der Waals surface area (Å²) in [5, 5.41) is 15.0. The van der Waals surface area contributed by atoms with E-state index < -0.39 is 12.0 Å². The predicted molar refractivity (Wildman–Crippen MR) is 163 cm³/mol. The monoisotopic (exact) mass is 578 g/mol. The van der Waals surface area contributed by atoms with E-state index in [2.05, 4.69) is 32.1 Å². The Labute approximate surface area is 249 Å². The normalized spacial score (nSPS) is 23.8. The van der Waals surface area contributed by atoms with Gasteiger partial charge in [0, 0.05) is 60.5 Å². The molecule has 43 heavy (non-hydrogen) atoms. The lowest BCUT2D eigenvalue weighted by molar-refractivity contribution is 0.107. The van der Waals surface area contributed by atoms with E-state index >= 15 is 4.39 Å². The molecule has 3 aliphatic rings. The molecule has 0 amide bonds. The van der Waals surface area contributed by atoms with Crippen molar-refractivity contribution in [3.63, 3.8) is 0 Å². The van der Waals surface area contributed by atoms with Gasteiger partial charge in [-0.05, 0) is 42.5 Å². The molecule has 0 radical (unpaired) electrons. The second kappa shape index (κ2) is 11.1. The SMILES string of the molecule is C#Cc1cccc2cccc(-c3ccc4c(N5CCN[C@@H](CC#N)C5)nc(OC[C@@]56CCCN5CC(F)C6)nc4c3F)c12. The quantitative estimate of drug-likeness (QED) is 0.315. The number of nitrogens with zero attached hydrogens (tertiary/aromatic N) is 5. The van der Waals surface area contributed by atoms with E-state index in [0.717, 1.165) is 30.2 Å². The number of halogens is 2. The molecule has 1 N–H and O–H groups in total. The molecule has 0 spiro atoms. The van der Waals surface area contributed by atoms with E-state index in [1.165, 1.54) is 0 Å². The molecule has 0 aliphatic carbocycles. The lowest BCUT2D eigenvalue weighted by atomic mass is 9.94. The van der Waals surface area contributed by atoms with Gasteiger partial charge in [0.25, 0.3) is 0 Å². The van der Waals surface area contributed by atoms with Crippen molar-refractivity contribution in [3.05, 3.63) is 59.9 Å². The number of ether oxygens (including phenoxy) is 1. The average molecular weight is 579 g/mol. The molecule has 9 heteroatoms. The number of fused-ring (bicyclic) bond motifs is 3. The van der Waals surface area contributed by atoms with Crippen molar-refractivity contribution in [2.45, 2.75) is 43.4 Å². The molecule has 0 bridgehead atoms. The Kier molecular flexibility index (Phi) is 7.09. The van der Waals surface area contributed by atoms with Crippen molar-refractivity contribution in [1.82, 2.24) is 20.2 Å². The molecule has 218 valence electrons. The summed E-state index contributed by atoms with van der Waals surface area (Å²) in [7, 11) is 0. The van der Waals surface area contributed by atoms with Crippen LogP contribution in [-0.4, -0.2) is 72.0 Å². The van der Waals surface area contributed by atoms with Crippen molar-refractivity contribution < 1.29 is 13.5 Å². The molecule has 1 unspecified atom stereocenters. The van der Waals surface area contributed by atoms with Crippen LogP contribution in [0.15, 0.2) is 48.5 Å². The minimum absolute atomic E-state index is 0.0407. The smallest absolute Gasteiger partial charge is 0.319 e. The second-order valence-electron chi connectivity index (χ2n) is 11.8. The number of alkyl halides is 1. The van der Waals surface area contributed by atoms with Gasteiger partial charge in [0.15, 0.2) is 5.82 Å². The Hall–Kier alpha value is -4.31. The van der Waals surface area contributed by atoms with Crippen LogP contribution in [0.4, 0.5) is 14.6 Å². The van der Waals surface area contributed by atoms with Crippen molar-refractivity contribution in [2.24, 2.45) is 0 Å². The highest BCUT2D eigenvalue weighted by Crippen LogP contribution is 2.41. The summed E-state index contributed by atoms with van der Waals surface area (Å²) in [6, 6.07) is 17.3. The predicted octanol–water partition coefficient (Wildman–Crippen LogP) is 5.22. The zero-order chi connectivity index (χ0) is 29.6. The number of anilines is 1. The van der Waals surface area contributed by atoms with Crippen LogP contribution in [0, 0.1) is 29.5 Å². The van der Waals surface area contributed by atoms with Gasteiger partial charge >= 0.3 is 6.01 Å². The fourth-order valence-electron chi connectivity index (χ4n) is 7.24. The third kappa shape index (κ3) is 4.83. The number of benzene rings is 3. The molecule has 1 aromatic heterocycles. The Morgan fingerprint density at radius 2 is 1.95 bits per heavy atom. The van der Waals surface area contributed by atoms with Gasteiger partial charge in [0.1, 0.15) is 24.1 Å². The van der Waals surface area contributed by atoms with E-state index in [1.54, 1.807) is 6.07 Å². The van der Waals surface area contributed by atoms with Gasteiger partial charge in [-0.15, -0.1) is 6.42 Å². The molecule has 7 nitrogen and oxygen atoms in total. The molecule has 0 saturated carbocycles. The summed E-state index contributed by atoms with van der Waals surface area (Å²) in [6.45, 7) is 3.34. The number of nitriles is 1. The van der Waals surface area contributed by atoms with Crippen molar-refractivity contribution in [2.75, 3.05) is 44.2 Å². The maximum absolute atomic E-state index is 16.7. The first kappa shape index (κ1) is 27.5. The van der Waals surface area contributed by atoms with Crippen LogP contribution in [0.2, 0.25) is 0 Å². The van der Waals surface area contributed by atoms with E-state index in [0.29, 0.717) is 66.9 Å². The third-order valence-corrected chi connectivity index (χ3v) is 9.24. The van der Waals surface area contributed by atoms with Crippen LogP contribution in [0.3, 0.4) is 0 Å². The van der Waals surface area contributed by atoms with Crippen LogP contribution < -0.4 is 15.0 Å². The molecular weight excluding hydrogens is 546 g/mol. The number of hydrogen-bond acceptors (Lipinski definition) is 7. The summed E-state index contributed by atoms with van der Waals surface area (Å²) in [6.07, 6.45) is 7.55.